The summed E-state index contributed by atoms with van der Waals surface area (Å²) < 4.78 is 14.9. The number of allylic oxidation sites excluding steroid dienone is 1. The molecule has 0 saturated heterocycles. The molecule has 2 aromatic heterocycles. The van der Waals surface area contributed by atoms with Gasteiger partial charge in [-0.05, 0) is 44.2 Å². The molecule has 2 atom stereocenters. The molecule has 0 aromatic carbocycles. The Kier molecular flexibility index (Phi) is 11.0. The summed E-state index contributed by atoms with van der Waals surface area (Å²) in [6.07, 6.45) is 6.21. The van der Waals surface area contributed by atoms with Crippen LogP contribution in [-0.4, -0.2) is 37.8 Å². The van der Waals surface area contributed by atoms with Crippen LogP contribution in [0.3, 0.4) is 0 Å². The minimum absolute atomic E-state index is 0.175. The first kappa shape index (κ1) is 27.3. The Labute approximate surface area is 203 Å². The average molecular weight is 492 g/mol. The summed E-state index contributed by atoms with van der Waals surface area (Å²) in [4.78, 5) is 38.8. The van der Waals surface area contributed by atoms with Crippen molar-refractivity contribution in [1.29, 1.82) is 0 Å². The zero-order valence-corrected chi connectivity index (χ0v) is 20.9. The summed E-state index contributed by atoms with van der Waals surface area (Å²) in [5, 5.41) is 12.9. The van der Waals surface area contributed by atoms with Crippen molar-refractivity contribution in [3.8, 4) is 5.75 Å². The van der Waals surface area contributed by atoms with E-state index >= 15 is 0 Å². The molecule has 9 heteroatoms. The van der Waals surface area contributed by atoms with Gasteiger partial charge in [0.15, 0.2) is 5.78 Å². The van der Waals surface area contributed by atoms with Crippen molar-refractivity contribution < 1.29 is 28.6 Å². The quantitative estimate of drug-likeness (QED) is 0.305. The Morgan fingerprint density at radius 3 is 2.65 bits per heavy atom. The summed E-state index contributed by atoms with van der Waals surface area (Å²) >= 11 is 1.65. The molecular formula is C25H33NO7S. The van der Waals surface area contributed by atoms with E-state index in [1.165, 1.54) is 24.3 Å². The number of ether oxygens (including phenoxy) is 2. The standard InChI is InChI=1S/C25H33NO7S/c1-16(8-5-6-12-26-25(30)32-4)21-15-20(27)22(24(29)33-21)23(28)17(2)14-19-11-10-18(34-19)9-7-13-31-3/h6,10-12,15-17,27H,5,7-9,13-14H2,1-4H3,(H,26,30)/b12-6+. The van der Waals surface area contributed by atoms with E-state index in [2.05, 4.69) is 16.1 Å². The predicted octanol–water partition coefficient (Wildman–Crippen LogP) is 4.80. The van der Waals surface area contributed by atoms with Crippen LogP contribution in [0.25, 0.3) is 0 Å². The van der Waals surface area contributed by atoms with Gasteiger partial charge < -0.3 is 19.0 Å². The highest BCUT2D eigenvalue weighted by Crippen LogP contribution is 2.27. The molecular weight excluding hydrogens is 458 g/mol. The Hall–Kier alpha value is -2.91. The first-order valence-electron chi connectivity index (χ1n) is 11.2. The first-order chi connectivity index (χ1) is 16.3. The van der Waals surface area contributed by atoms with E-state index in [4.69, 9.17) is 9.15 Å². The van der Waals surface area contributed by atoms with Gasteiger partial charge in [-0.1, -0.05) is 19.9 Å². The summed E-state index contributed by atoms with van der Waals surface area (Å²) in [7, 11) is 2.95. The number of carbonyl (C=O) groups is 2. The number of rotatable bonds is 13. The molecule has 0 aliphatic rings. The lowest BCUT2D eigenvalue weighted by Crippen LogP contribution is -2.22. The number of thiophene rings is 1. The van der Waals surface area contributed by atoms with Crippen molar-refractivity contribution in [3.63, 3.8) is 0 Å². The fraction of sp³-hybridized carbons (Fsp3) is 0.480. The van der Waals surface area contributed by atoms with Crippen molar-refractivity contribution >= 4 is 23.2 Å². The minimum atomic E-state index is -0.826. The summed E-state index contributed by atoms with van der Waals surface area (Å²) in [6, 6.07) is 5.40. The maximum Gasteiger partial charge on any atom is 0.410 e. The van der Waals surface area contributed by atoms with Gasteiger partial charge in [0.05, 0.1) is 7.11 Å². The van der Waals surface area contributed by atoms with E-state index in [1.54, 1.807) is 31.4 Å². The lowest BCUT2D eigenvalue weighted by molar-refractivity contribution is 0.0922. The smallest absolute Gasteiger partial charge is 0.410 e. The highest BCUT2D eigenvalue weighted by atomic mass is 32.1. The van der Waals surface area contributed by atoms with Crippen LogP contribution >= 0.6 is 11.3 Å². The van der Waals surface area contributed by atoms with Crippen molar-refractivity contribution in [2.75, 3.05) is 20.8 Å². The average Bonchev–Trinajstić information content (AvgIpc) is 3.25. The van der Waals surface area contributed by atoms with Gasteiger partial charge in [-0.25, -0.2) is 9.59 Å². The number of ketones is 1. The minimum Gasteiger partial charge on any atom is -0.507 e. The van der Waals surface area contributed by atoms with Gasteiger partial charge >= 0.3 is 11.7 Å². The van der Waals surface area contributed by atoms with E-state index in [-0.39, 0.29) is 17.2 Å². The van der Waals surface area contributed by atoms with Crippen molar-refractivity contribution in [3.05, 3.63) is 62.0 Å². The summed E-state index contributed by atoms with van der Waals surface area (Å²) in [5.41, 5.74) is -1.13. The number of Topliss-reactive ketones (excluding diaryl/α,β-unsaturated/α-hetero) is 1. The lowest BCUT2D eigenvalue weighted by atomic mass is 9.95. The van der Waals surface area contributed by atoms with Crippen LogP contribution in [0.5, 0.6) is 5.75 Å². The number of aryl methyl sites for hydroxylation is 1. The van der Waals surface area contributed by atoms with Gasteiger partial charge in [-0.15, -0.1) is 11.3 Å². The number of carbonyl (C=O) groups excluding carboxylic acids is 2. The second-order valence-corrected chi connectivity index (χ2v) is 9.40. The SMILES string of the molecule is COCCCc1ccc(CC(C)C(=O)c2c(O)cc(C(C)CC/C=C/NC(=O)OC)oc2=O)s1. The van der Waals surface area contributed by atoms with E-state index in [1.807, 2.05) is 13.0 Å². The molecule has 0 spiro atoms. The summed E-state index contributed by atoms with van der Waals surface area (Å²) in [5.74, 6) is -1.14. The molecule has 186 valence electrons. The molecule has 2 aromatic rings. The molecule has 1 amide bonds. The fourth-order valence-electron chi connectivity index (χ4n) is 3.42. The fourth-order valence-corrected chi connectivity index (χ4v) is 4.61. The molecule has 0 bridgehead atoms. The Morgan fingerprint density at radius 1 is 1.24 bits per heavy atom. The maximum atomic E-state index is 12.9. The zero-order chi connectivity index (χ0) is 25.1. The number of nitrogens with one attached hydrogen (secondary N) is 1. The van der Waals surface area contributed by atoms with Gasteiger partial charge in [-0.2, -0.15) is 0 Å². The number of hydrogen-bond donors (Lipinski definition) is 2. The highest BCUT2D eigenvalue weighted by molar-refractivity contribution is 7.12. The van der Waals surface area contributed by atoms with E-state index in [0.717, 1.165) is 17.7 Å². The second kappa shape index (κ2) is 13.7. The number of aromatic hydroxyl groups is 1. The van der Waals surface area contributed by atoms with Crippen LogP contribution in [0.2, 0.25) is 0 Å². The monoisotopic (exact) mass is 491 g/mol. The Morgan fingerprint density at radius 2 is 1.97 bits per heavy atom. The zero-order valence-electron chi connectivity index (χ0n) is 20.1. The molecule has 0 radical (unpaired) electrons. The van der Waals surface area contributed by atoms with Gasteiger partial charge in [0.25, 0.3) is 0 Å². The molecule has 0 aliphatic carbocycles. The largest absolute Gasteiger partial charge is 0.507 e. The number of amides is 1. The van der Waals surface area contributed by atoms with Crippen LogP contribution in [0.1, 0.15) is 64.9 Å². The van der Waals surface area contributed by atoms with Crippen LogP contribution in [0.15, 0.2) is 39.7 Å². The lowest BCUT2D eigenvalue weighted by Gasteiger charge is -2.13. The molecule has 0 aliphatic heterocycles. The third-order valence-electron chi connectivity index (χ3n) is 5.40. The second-order valence-electron chi connectivity index (χ2n) is 8.15. The highest BCUT2D eigenvalue weighted by Gasteiger charge is 2.25. The normalized spacial score (nSPS) is 13.1. The van der Waals surface area contributed by atoms with Crippen molar-refractivity contribution in [1.82, 2.24) is 5.32 Å². The van der Waals surface area contributed by atoms with Crippen molar-refractivity contribution in [2.24, 2.45) is 5.92 Å². The van der Waals surface area contributed by atoms with Crippen LogP contribution in [0, 0.1) is 5.92 Å². The predicted molar refractivity (Wildman–Crippen MR) is 131 cm³/mol. The van der Waals surface area contributed by atoms with Crippen LogP contribution in [0.4, 0.5) is 4.79 Å². The molecule has 2 heterocycles. The molecule has 34 heavy (non-hydrogen) atoms. The number of methoxy groups -OCH3 is 2. The van der Waals surface area contributed by atoms with Crippen LogP contribution in [-0.2, 0) is 22.3 Å². The first-order valence-corrected chi connectivity index (χ1v) is 12.1. The van der Waals surface area contributed by atoms with Gasteiger partial charge in [0.1, 0.15) is 17.1 Å². The molecule has 0 fully saturated rings. The molecule has 2 rings (SSSR count). The van der Waals surface area contributed by atoms with Gasteiger partial charge in [0.2, 0.25) is 0 Å². The molecule has 0 saturated carbocycles. The summed E-state index contributed by atoms with van der Waals surface area (Å²) in [6.45, 7) is 4.30. The topological polar surface area (TPSA) is 115 Å². The molecule has 2 N–H and O–H groups in total. The van der Waals surface area contributed by atoms with E-state index in [9.17, 15) is 19.5 Å². The van der Waals surface area contributed by atoms with Crippen molar-refractivity contribution in [2.45, 2.75) is 51.9 Å². The van der Waals surface area contributed by atoms with Gasteiger partial charge in [-0.3, -0.25) is 10.1 Å². The maximum absolute atomic E-state index is 12.9. The van der Waals surface area contributed by atoms with Crippen LogP contribution < -0.4 is 10.9 Å². The van der Waals surface area contributed by atoms with E-state index < -0.39 is 23.4 Å². The number of alkyl carbamates (subject to hydrolysis) is 1. The Bertz CT molecular complexity index is 1040. The van der Waals surface area contributed by atoms with Gasteiger partial charge in [0, 0.05) is 47.6 Å². The third-order valence-corrected chi connectivity index (χ3v) is 6.56. The van der Waals surface area contributed by atoms with E-state index in [0.29, 0.717) is 31.6 Å². The third kappa shape index (κ3) is 8.14. The Balaban J connectivity index is 1.99. The number of hydrogen-bond acceptors (Lipinski definition) is 8. The molecule has 2 unspecified atom stereocenters. The molecule has 8 nitrogen and oxygen atoms in total.